The van der Waals surface area contributed by atoms with Crippen LogP contribution in [0.25, 0.3) is 0 Å². The van der Waals surface area contributed by atoms with Crippen LogP contribution in [0.3, 0.4) is 0 Å². The largest absolute Gasteiger partial charge is 0.352 e. The minimum absolute atomic E-state index is 0.0751. The Morgan fingerprint density at radius 3 is 2.29 bits per heavy atom. The summed E-state index contributed by atoms with van der Waals surface area (Å²) in [5, 5.41) is 3.13. The van der Waals surface area contributed by atoms with Crippen LogP contribution in [0.1, 0.15) is 56.6 Å². The molecular weight excluding hydrogens is 507 g/mol. The van der Waals surface area contributed by atoms with Crippen LogP contribution in [0.15, 0.2) is 48.5 Å². The quantitative estimate of drug-likeness (QED) is 0.461. The maximum Gasteiger partial charge on any atom is 0.304 e. The predicted octanol–water partition coefficient (Wildman–Crippen LogP) is 4.00. The van der Waals surface area contributed by atoms with Gasteiger partial charge in [-0.05, 0) is 56.0 Å². The topological polar surface area (TPSA) is 90.0 Å². The summed E-state index contributed by atoms with van der Waals surface area (Å²) >= 11 is 0. The fraction of sp³-hybridized carbons (Fsp3) is 0.500. The van der Waals surface area contributed by atoms with Crippen LogP contribution in [0.5, 0.6) is 0 Å². The average Bonchev–Trinajstić information content (AvgIpc) is 2.88. The van der Waals surface area contributed by atoms with Crippen LogP contribution in [-0.4, -0.2) is 62.2 Å². The molecule has 1 aliphatic rings. The molecule has 2 amide bonds. The lowest BCUT2D eigenvalue weighted by atomic mass is 9.95. The minimum atomic E-state index is -4.09. The second-order valence-electron chi connectivity index (χ2n) is 10.1. The number of carbonyl (C=O) groups is 2. The number of hydrogen-bond donors (Lipinski definition) is 1. The van der Waals surface area contributed by atoms with Gasteiger partial charge in [0.05, 0.1) is 5.69 Å². The molecule has 1 aliphatic carbocycles. The number of amides is 2. The molecule has 2 aromatic rings. The van der Waals surface area contributed by atoms with Crippen molar-refractivity contribution < 1.29 is 22.4 Å². The lowest BCUT2D eigenvalue weighted by Crippen LogP contribution is -2.54. The molecule has 208 valence electrons. The summed E-state index contributed by atoms with van der Waals surface area (Å²) in [6, 6.07) is 11.9. The molecule has 10 heteroatoms. The standard InChI is InChI=1S/C28H39FN4O4S/c1-5-26(28(35)30-24-12-7-6-8-13-24)32(19-22-11-9-10-21(2)18-22)27(34)20-33(38(36,37)31(3)4)25-16-14-23(29)15-17-25/h9-11,14-18,24,26H,5-8,12-13,19-20H2,1-4H3,(H,30,35)/t26-/m0/s1. The third-order valence-electron chi connectivity index (χ3n) is 6.91. The van der Waals surface area contributed by atoms with Gasteiger partial charge < -0.3 is 10.2 Å². The van der Waals surface area contributed by atoms with Gasteiger partial charge >= 0.3 is 10.2 Å². The van der Waals surface area contributed by atoms with Crippen molar-refractivity contribution in [3.63, 3.8) is 0 Å². The lowest BCUT2D eigenvalue weighted by molar-refractivity contribution is -0.140. The smallest absolute Gasteiger partial charge is 0.304 e. The normalized spacial score (nSPS) is 15.2. The maximum atomic E-state index is 13.9. The number of anilines is 1. The van der Waals surface area contributed by atoms with Crippen molar-refractivity contribution in [2.24, 2.45) is 0 Å². The minimum Gasteiger partial charge on any atom is -0.352 e. The SMILES string of the molecule is CC[C@@H](C(=O)NC1CCCCC1)N(Cc1cccc(C)c1)C(=O)CN(c1ccc(F)cc1)S(=O)(=O)N(C)C. The van der Waals surface area contributed by atoms with E-state index in [1.807, 2.05) is 38.1 Å². The van der Waals surface area contributed by atoms with E-state index < -0.39 is 34.5 Å². The fourth-order valence-electron chi connectivity index (χ4n) is 4.80. The Hall–Kier alpha value is -2.98. The van der Waals surface area contributed by atoms with Crippen LogP contribution >= 0.6 is 0 Å². The van der Waals surface area contributed by atoms with Crippen LogP contribution in [-0.2, 0) is 26.3 Å². The van der Waals surface area contributed by atoms with Gasteiger partial charge in [0.15, 0.2) is 0 Å². The molecule has 0 radical (unpaired) electrons. The molecule has 0 bridgehead atoms. The van der Waals surface area contributed by atoms with E-state index in [2.05, 4.69) is 5.32 Å². The first-order valence-electron chi connectivity index (χ1n) is 13.1. The van der Waals surface area contributed by atoms with Crippen molar-refractivity contribution in [3.05, 3.63) is 65.5 Å². The summed E-state index contributed by atoms with van der Waals surface area (Å²) in [5.74, 6) is -1.27. The molecule has 1 fully saturated rings. The Morgan fingerprint density at radius 2 is 1.71 bits per heavy atom. The van der Waals surface area contributed by atoms with Gasteiger partial charge in [-0.15, -0.1) is 0 Å². The lowest BCUT2D eigenvalue weighted by Gasteiger charge is -2.35. The highest BCUT2D eigenvalue weighted by molar-refractivity contribution is 7.90. The number of nitrogens with zero attached hydrogens (tertiary/aromatic N) is 3. The average molecular weight is 547 g/mol. The summed E-state index contributed by atoms with van der Waals surface area (Å²) in [5.41, 5.74) is 2.01. The first kappa shape index (κ1) is 29.6. The second kappa shape index (κ2) is 13.2. The third-order valence-corrected chi connectivity index (χ3v) is 8.73. The van der Waals surface area contributed by atoms with Gasteiger partial charge in [0.2, 0.25) is 11.8 Å². The van der Waals surface area contributed by atoms with E-state index in [1.54, 1.807) is 0 Å². The molecule has 1 saturated carbocycles. The maximum absolute atomic E-state index is 13.9. The zero-order valence-electron chi connectivity index (χ0n) is 22.7. The molecule has 2 aromatic carbocycles. The summed E-state index contributed by atoms with van der Waals surface area (Å²) in [6.45, 7) is 3.40. The molecule has 0 aromatic heterocycles. The van der Waals surface area contributed by atoms with E-state index in [0.717, 1.165) is 64.0 Å². The Kier molecular flexibility index (Phi) is 10.3. The Bertz CT molecular complexity index is 1200. The molecule has 0 heterocycles. The number of rotatable bonds is 11. The highest BCUT2D eigenvalue weighted by Crippen LogP contribution is 2.23. The third kappa shape index (κ3) is 7.54. The summed E-state index contributed by atoms with van der Waals surface area (Å²) in [4.78, 5) is 28.8. The summed E-state index contributed by atoms with van der Waals surface area (Å²) < 4.78 is 42.0. The van der Waals surface area contributed by atoms with Crippen LogP contribution in [0, 0.1) is 12.7 Å². The molecule has 3 rings (SSSR count). The highest BCUT2D eigenvalue weighted by Gasteiger charge is 2.34. The number of carbonyl (C=O) groups excluding carboxylic acids is 2. The van der Waals surface area contributed by atoms with E-state index >= 15 is 0 Å². The van der Waals surface area contributed by atoms with E-state index in [-0.39, 0.29) is 24.2 Å². The number of hydrogen-bond acceptors (Lipinski definition) is 4. The monoisotopic (exact) mass is 546 g/mol. The Morgan fingerprint density at radius 1 is 1.05 bits per heavy atom. The van der Waals surface area contributed by atoms with Crippen LogP contribution in [0.4, 0.5) is 10.1 Å². The summed E-state index contributed by atoms with van der Waals surface area (Å²) in [7, 11) is -1.36. The van der Waals surface area contributed by atoms with Crippen molar-refractivity contribution in [1.82, 2.24) is 14.5 Å². The summed E-state index contributed by atoms with van der Waals surface area (Å²) in [6.07, 6.45) is 5.46. The molecule has 1 atom stereocenters. The molecule has 38 heavy (non-hydrogen) atoms. The molecule has 0 aliphatic heterocycles. The van der Waals surface area contributed by atoms with E-state index in [9.17, 15) is 22.4 Å². The van der Waals surface area contributed by atoms with E-state index in [0.29, 0.717) is 6.42 Å². The van der Waals surface area contributed by atoms with Crippen molar-refractivity contribution >= 4 is 27.7 Å². The van der Waals surface area contributed by atoms with Gasteiger partial charge in [-0.1, -0.05) is 56.0 Å². The first-order chi connectivity index (χ1) is 18.0. The van der Waals surface area contributed by atoms with Crippen molar-refractivity contribution in [2.45, 2.75) is 71.0 Å². The zero-order chi connectivity index (χ0) is 27.9. The number of halogens is 1. The molecule has 1 N–H and O–H groups in total. The molecular formula is C28H39FN4O4S. The van der Waals surface area contributed by atoms with Crippen molar-refractivity contribution in [1.29, 1.82) is 0 Å². The van der Waals surface area contributed by atoms with Crippen molar-refractivity contribution in [3.8, 4) is 0 Å². The van der Waals surface area contributed by atoms with Crippen LogP contribution < -0.4 is 9.62 Å². The molecule has 0 unspecified atom stereocenters. The molecule has 0 spiro atoms. The van der Waals surface area contributed by atoms with Gasteiger partial charge in [-0.25, -0.2) is 8.70 Å². The van der Waals surface area contributed by atoms with E-state index in [4.69, 9.17) is 0 Å². The zero-order valence-corrected chi connectivity index (χ0v) is 23.5. The number of benzene rings is 2. The van der Waals surface area contributed by atoms with Gasteiger partial charge in [0.25, 0.3) is 0 Å². The van der Waals surface area contributed by atoms with Gasteiger partial charge in [-0.2, -0.15) is 12.7 Å². The Balaban J connectivity index is 1.95. The predicted molar refractivity (Wildman–Crippen MR) is 147 cm³/mol. The van der Waals surface area contributed by atoms with Crippen molar-refractivity contribution in [2.75, 3.05) is 24.9 Å². The first-order valence-corrected chi connectivity index (χ1v) is 14.5. The van der Waals surface area contributed by atoms with Gasteiger partial charge in [-0.3, -0.25) is 9.59 Å². The molecule has 8 nitrogen and oxygen atoms in total. The van der Waals surface area contributed by atoms with Gasteiger partial charge in [0.1, 0.15) is 18.4 Å². The van der Waals surface area contributed by atoms with Crippen LogP contribution in [0.2, 0.25) is 0 Å². The molecule has 0 saturated heterocycles. The second-order valence-corrected chi connectivity index (χ2v) is 12.1. The number of nitrogens with one attached hydrogen (secondary N) is 1. The van der Waals surface area contributed by atoms with Gasteiger partial charge in [0, 0.05) is 26.7 Å². The van der Waals surface area contributed by atoms with E-state index in [1.165, 1.54) is 31.1 Å². The Labute approximate surface area is 226 Å². The highest BCUT2D eigenvalue weighted by atomic mass is 32.2. The number of aryl methyl sites for hydroxylation is 1. The fourth-order valence-corrected chi connectivity index (χ4v) is 5.85.